The minimum absolute atomic E-state index is 0.0397. The summed E-state index contributed by atoms with van der Waals surface area (Å²) < 4.78 is 21.2. The molecule has 2 heterocycles. The summed E-state index contributed by atoms with van der Waals surface area (Å²) in [5, 5.41) is 10.4. The molecule has 1 aliphatic heterocycles. The van der Waals surface area contributed by atoms with Crippen LogP contribution >= 0.6 is 0 Å². The lowest BCUT2D eigenvalue weighted by atomic mass is 10.1. The van der Waals surface area contributed by atoms with Gasteiger partial charge in [0.1, 0.15) is 0 Å². The van der Waals surface area contributed by atoms with E-state index in [0.29, 0.717) is 37.8 Å². The van der Waals surface area contributed by atoms with Crippen LogP contribution in [0.15, 0.2) is 22.6 Å². The van der Waals surface area contributed by atoms with Gasteiger partial charge in [0.05, 0.1) is 6.42 Å². The quantitative estimate of drug-likeness (QED) is 0.732. The number of nitrogens with zero attached hydrogens (tertiary/aromatic N) is 2. The molecule has 0 saturated heterocycles. The summed E-state index contributed by atoms with van der Waals surface area (Å²) in [6.07, 6.45) is 1.15. The zero-order valence-corrected chi connectivity index (χ0v) is 13.4. The average Bonchev–Trinajstić information content (AvgIpc) is 3.23. The zero-order chi connectivity index (χ0) is 16.8. The van der Waals surface area contributed by atoms with Gasteiger partial charge >= 0.3 is 11.8 Å². The van der Waals surface area contributed by atoms with Crippen molar-refractivity contribution in [3.8, 4) is 11.5 Å². The number of hydrogen-bond acceptors (Lipinski definition) is 7. The molecule has 2 aromatic rings. The fourth-order valence-corrected chi connectivity index (χ4v) is 2.24. The summed E-state index contributed by atoms with van der Waals surface area (Å²) in [6.45, 7) is 3.93. The van der Waals surface area contributed by atoms with E-state index in [-0.39, 0.29) is 18.6 Å². The Morgan fingerprint density at radius 1 is 1.29 bits per heavy atom. The van der Waals surface area contributed by atoms with E-state index >= 15 is 0 Å². The van der Waals surface area contributed by atoms with Crippen LogP contribution in [0.1, 0.15) is 35.5 Å². The average molecular weight is 333 g/mol. The van der Waals surface area contributed by atoms with Gasteiger partial charge in [-0.05, 0) is 31.0 Å². The van der Waals surface area contributed by atoms with Gasteiger partial charge in [-0.3, -0.25) is 4.79 Å². The highest BCUT2D eigenvalue weighted by Crippen LogP contribution is 2.32. The number of nitrogens with one attached hydrogen (secondary N) is 1. The van der Waals surface area contributed by atoms with Crippen molar-refractivity contribution in [1.29, 1.82) is 0 Å². The lowest BCUT2D eigenvalue weighted by Crippen LogP contribution is -2.25. The van der Waals surface area contributed by atoms with Gasteiger partial charge in [-0.15, -0.1) is 10.2 Å². The first-order valence-corrected chi connectivity index (χ1v) is 7.83. The minimum Gasteiger partial charge on any atom is -0.454 e. The van der Waals surface area contributed by atoms with Crippen LogP contribution in [0.5, 0.6) is 11.5 Å². The second-order valence-electron chi connectivity index (χ2n) is 5.17. The molecule has 1 amide bonds. The van der Waals surface area contributed by atoms with Gasteiger partial charge in [0.25, 0.3) is 0 Å². The third kappa shape index (κ3) is 4.02. The molecule has 0 saturated carbocycles. The maximum atomic E-state index is 11.9. The van der Waals surface area contributed by atoms with E-state index in [9.17, 15) is 4.79 Å². The van der Waals surface area contributed by atoms with E-state index < -0.39 is 0 Å². The molecule has 0 fully saturated rings. The van der Waals surface area contributed by atoms with Crippen molar-refractivity contribution in [2.45, 2.75) is 19.8 Å². The number of aromatic nitrogens is 2. The van der Waals surface area contributed by atoms with Crippen molar-refractivity contribution >= 4 is 5.91 Å². The van der Waals surface area contributed by atoms with Gasteiger partial charge in [-0.2, -0.15) is 0 Å². The van der Waals surface area contributed by atoms with E-state index in [4.69, 9.17) is 18.6 Å². The molecule has 1 aromatic carbocycles. The third-order valence-electron chi connectivity index (χ3n) is 3.41. The number of carbonyl (C=O) groups excluding carboxylic acids is 1. The second-order valence-corrected chi connectivity index (χ2v) is 5.17. The first-order chi connectivity index (χ1) is 11.8. The van der Waals surface area contributed by atoms with Crippen LogP contribution in [0.4, 0.5) is 0 Å². The van der Waals surface area contributed by atoms with Crippen LogP contribution in [-0.4, -0.2) is 42.7 Å². The molecule has 3 rings (SSSR count). The fraction of sp³-hybridized carbons (Fsp3) is 0.438. The number of ether oxygens (including phenoxy) is 3. The van der Waals surface area contributed by atoms with E-state index in [0.717, 1.165) is 17.7 Å². The van der Waals surface area contributed by atoms with E-state index in [1.54, 1.807) is 0 Å². The van der Waals surface area contributed by atoms with Gasteiger partial charge in [-0.25, -0.2) is 0 Å². The van der Waals surface area contributed by atoms with Gasteiger partial charge in [0.15, 0.2) is 11.5 Å². The molecule has 0 unspecified atom stereocenters. The predicted octanol–water partition coefficient (Wildman–Crippen LogP) is 1.55. The normalized spacial score (nSPS) is 12.4. The molecule has 128 valence electrons. The zero-order valence-electron chi connectivity index (χ0n) is 13.4. The molecule has 0 atom stereocenters. The van der Waals surface area contributed by atoms with Crippen molar-refractivity contribution in [2.24, 2.45) is 0 Å². The predicted molar refractivity (Wildman–Crippen MR) is 83.1 cm³/mol. The van der Waals surface area contributed by atoms with Crippen LogP contribution in [-0.2, 0) is 11.2 Å². The van der Waals surface area contributed by atoms with Gasteiger partial charge in [0.2, 0.25) is 12.7 Å². The highest BCUT2D eigenvalue weighted by atomic mass is 16.7. The van der Waals surface area contributed by atoms with Crippen molar-refractivity contribution in [3.63, 3.8) is 0 Å². The summed E-state index contributed by atoms with van der Waals surface area (Å²) in [6, 6.07) is 5.59. The molecule has 1 N–H and O–H groups in total. The Kier molecular flexibility index (Phi) is 5.27. The Labute approximate surface area is 139 Å². The topological polar surface area (TPSA) is 95.7 Å². The van der Waals surface area contributed by atoms with Crippen LogP contribution in [0.25, 0.3) is 0 Å². The van der Waals surface area contributed by atoms with Crippen molar-refractivity contribution < 1.29 is 23.4 Å². The summed E-state index contributed by atoms with van der Waals surface area (Å²) in [4.78, 5) is 11.9. The summed E-state index contributed by atoms with van der Waals surface area (Å²) in [5.74, 6) is 1.36. The Balaban J connectivity index is 1.52. The third-order valence-corrected chi connectivity index (χ3v) is 3.41. The van der Waals surface area contributed by atoms with Crippen molar-refractivity contribution in [2.75, 3.05) is 26.6 Å². The fourth-order valence-electron chi connectivity index (χ4n) is 2.24. The summed E-state index contributed by atoms with van der Waals surface area (Å²) >= 11 is 0. The molecule has 0 aliphatic carbocycles. The Morgan fingerprint density at radius 2 is 2.17 bits per heavy atom. The molecule has 1 aromatic heterocycles. The highest BCUT2D eigenvalue weighted by Gasteiger charge is 2.17. The van der Waals surface area contributed by atoms with Crippen molar-refractivity contribution in [3.05, 3.63) is 35.5 Å². The molecule has 0 spiro atoms. The largest absolute Gasteiger partial charge is 0.454 e. The minimum atomic E-state index is -0.379. The summed E-state index contributed by atoms with van der Waals surface area (Å²) in [5.41, 5.74) is 0.937. The molecule has 0 radical (unpaired) electrons. The Hall–Kier alpha value is -2.61. The van der Waals surface area contributed by atoms with Crippen LogP contribution in [0.2, 0.25) is 0 Å². The van der Waals surface area contributed by atoms with E-state index in [1.807, 2.05) is 25.1 Å². The molecular weight excluding hydrogens is 314 g/mol. The van der Waals surface area contributed by atoms with Crippen LogP contribution in [0.3, 0.4) is 0 Å². The molecule has 0 bridgehead atoms. The number of benzene rings is 1. The number of fused-ring (bicyclic) bond motifs is 1. The molecule has 8 heteroatoms. The van der Waals surface area contributed by atoms with Gasteiger partial charge in [-0.1, -0.05) is 6.07 Å². The second kappa shape index (κ2) is 7.78. The number of carbonyl (C=O) groups is 1. The van der Waals surface area contributed by atoms with Crippen LogP contribution < -0.4 is 14.8 Å². The van der Waals surface area contributed by atoms with Crippen LogP contribution in [0, 0.1) is 0 Å². The SMILES string of the molecule is CCOCCCNC(=O)c1nnc(Cc2ccc3c(c2)OCO3)o1. The monoisotopic (exact) mass is 333 g/mol. The highest BCUT2D eigenvalue weighted by molar-refractivity contribution is 5.89. The van der Waals surface area contributed by atoms with Gasteiger partial charge in [0, 0.05) is 19.8 Å². The first kappa shape index (κ1) is 16.3. The summed E-state index contributed by atoms with van der Waals surface area (Å²) in [7, 11) is 0. The molecule has 1 aliphatic rings. The number of hydrogen-bond donors (Lipinski definition) is 1. The van der Waals surface area contributed by atoms with E-state index in [1.165, 1.54) is 0 Å². The lowest BCUT2D eigenvalue weighted by molar-refractivity contribution is 0.0908. The number of amides is 1. The van der Waals surface area contributed by atoms with Crippen molar-refractivity contribution in [1.82, 2.24) is 15.5 Å². The maximum Gasteiger partial charge on any atom is 0.308 e. The van der Waals surface area contributed by atoms with E-state index in [2.05, 4.69) is 15.5 Å². The smallest absolute Gasteiger partial charge is 0.308 e. The Morgan fingerprint density at radius 3 is 3.04 bits per heavy atom. The maximum absolute atomic E-state index is 11.9. The Bertz CT molecular complexity index is 701. The number of rotatable bonds is 8. The standard InChI is InChI=1S/C16H19N3O5/c1-2-21-7-3-6-17-15(20)16-19-18-14(24-16)9-11-4-5-12-13(8-11)23-10-22-12/h4-5,8H,2-3,6-7,9-10H2,1H3,(H,17,20). The molecule has 24 heavy (non-hydrogen) atoms. The lowest BCUT2D eigenvalue weighted by Gasteiger charge is -2.02. The first-order valence-electron chi connectivity index (χ1n) is 7.83. The molecular formula is C16H19N3O5. The molecule has 8 nitrogen and oxygen atoms in total. The van der Waals surface area contributed by atoms with Gasteiger partial charge < -0.3 is 23.9 Å².